The van der Waals surface area contributed by atoms with Gasteiger partial charge in [-0.1, -0.05) is 26.7 Å². The highest BCUT2D eigenvalue weighted by Gasteiger charge is 2.59. The Hall–Kier alpha value is -1.34. The number of carbonyl (C=O) groups is 1. The molecule has 0 bridgehead atoms. The summed E-state index contributed by atoms with van der Waals surface area (Å²) in [5.74, 6) is 1.96. The lowest BCUT2D eigenvalue weighted by Crippen LogP contribution is -2.68. The third kappa shape index (κ3) is 4.47. The van der Waals surface area contributed by atoms with Crippen molar-refractivity contribution in [3.05, 3.63) is 0 Å². The van der Waals surface area contributed by atoms with E-state index < -0.39 is 0 Å². The van der Waals surface area contributed by atoms with E-state index in [-0.39, 0.29) is 5.41 Å². The Kier molecular flexibility index (Phi) is 6.88. The number of guanidine groups is 1. The molecule has 30 heavy (non-hydrogen) atoms. The topological polar surface area (TPSA) is 60.4 Å². The summed E-state index contributed by atoms with van der Waals surface area (Å²) in [4.78, 5) is 24.3. The van der Waals surface area contributed by atoms with Crippen LogP contribution in [0.3, 0.4) is 0 Å². The minimum atomic E-state index is 0.150. The van der Waals surface area contributed by atoms with Gasteiger partial charge in [0.25, 0.3) is 0 Å². The number of piperazine rings is 1. The van der Waals surface area contributed by atoms with Crippen molar-refractivity contribution in [2.75, 3.05) is 59.0 Å². The Morgan fingerprint density at radius 3 is 2.40 bits per heavy atom. The highest BCUT2D eigenvalue weighted by molar-refractivity contribution is 5.81. The van der Waals surface area contributed by atoms with Crippen molar-refractivity contribution in [3.63, 3.8) is 0 Å². The molecular formula is C23H41N5O2. The second kappa shape index (κ2) is 9.43. The van der Waals surface area contributed by atoms with Gasteiger partial charge in [-0.15, -0.1) is 0 Å². The van der Waals surface area contributed by atoms with Gasteiger partial charge in [-0.2, -0.15) is 0 Å². The molecule has 3 heterocycles. The lowest BCUT2D eigenvalue weighted by molar-refractivity contribution is -0.132. The summed E-state index contributed by atoms with van der Waals surface area (Å²) >= 11 is 0. The van der Waals surface area contributed by atoms with Crippen molar-refractivity contribution in [1.29, 1.82) is 0 Å². The van der Waals surface area contributed by atoms with Crippen LogP contribution >= 0.6 is 0 Å². The average Bonchev–Trinajstić information content (AvgIpc) is 3.02. The summed E-state index contributed by atoms with van der Waals surface area (Å²) in [6, 6.07) is 0.429. The monoisotopic (exact) mass is 419 g/mol. The van der Waals surface area contributed by atoms with E-state index in [0.29, 0.717) is 30.5 Å². The molecule has 1 aliphatic carbocycles. The number of nitrogens with zero attached hydrogens (tertiary/aromatic N) is 4. The SMILES string of the molecule is CCN=C(NC1C2CCOC2C1(C)C)N1CCN(CC(=O)N2CCCCCC2)CC1. The number of hydrogen-bond donors (Lipinski definition) is 1. The summed E-state index contributed by atoms with van der Waals surface area (Å²) in [6.45, 7) is 14.6. The predicted octanol–water partition coefficient (Wildman–Crippen LogP) is 1.79. The van der Waals surface area contributed by atoms with Crippen molar-refractivity contribution in [2.45, 2.75) is 65.0 Å². The van der Waals surface area contributed by atoms with E-state index in [2.05, 4.69) is 40.8 Å². The van der Waals surface area contributed by atoms with Crippen molar-refractivity contribution in [1.82, 2.24) is 20.0 Å². The van der Waals surface area contributed by atoms with Crippen LogP contribution in [-0.4, -0.2) is 97.7 Å². The van der Waals surface area contributed by atoms with Crippen LogP contribution in [0.2, 0.25) is 0 Å². The van der Waals surface area contributed by atoms with Crippen LogP contribution in [0, 0.1) is 11.3 Å². The van der Waals surface area contributed by atoms with Gasteiger partial charge in [0, 0.05) is 69.8 Å². The van der Waals surface area contributed by atoms with Crippen LogP contribution in [0.25, 0.3) is 0 Å². The maximum Gasteiger partial charge on any atom is 0.236 e. The minimum Gasteiger partial charge on any atom is -0.377 e. The predicted molar refractivity (Wildman–Crippen MR) is 120 cm³/mol. The molecule has 3 saturated heterocycles. The number of aliphatic imine (C=N–C) groups is 1. The number of hydrogen-bond acceptors (Lipinski definition) is 4. The molecule has 4 fully saturated rings. The highest BCUT2D eigenvalue weighted by atomic mass is 16.5. The second-order valence-corrected chi connectivity index (χ2v) is 10.0. The molecule has 0 radical (unpaired) electrons. The van der Waals surface area contributed by atoms with E-state index in [1.54, 1.807) is 0 Å². The number of ether oxygens (including phenoxy) is 1. The molecule has 4 aliphatic rings. The van der Waals surface area contributed by atoms with Crippen LogP contribution < -0.4 is 5.32 Å². The van der Waals surface area contributed by atoms with Gasteiger partial charge in [-0.05, 0) is 26.2 Å². The first-order chi connectivity index (χ1) is 14.5. The molecule has 1 N–H and O–H groups in total. The normalized spacial score (nSPS) is 32.4. The zero-order valence-corrected chi connectivity index (χ0v) is 19.2. The van der Waals surface area contributed by atoms with Gasteiger partial charge in [0.2, 0.25) is 5.91 Å². The van der Waals surface area contributed by atoms with Gasteiger partial charge in [0.15, 0.2) is 5.96 Å². The van der Waals surface area contributed by atoms with E-state index in [1.807, 2.05) is 0 Å². The number of amides is 1. The summed E-state index contributed by atoms with van der Waals surface area (Å²) in [5, 5.41) is 3.80. The van der Waals surface area contributed by atoms with E-state index in [0.717, 1.165) is 77.6 Å². The fraction of sp³-hybridized carbons (Fsp3) is 0.913. The number of nitrogens with one attached hydrogen (secondary N) is 1. The molecule has 170 valence electrons. The average molecular weight is 420 g/mol. The summed E-state index contributed by atoms with van der Waals surface area (Å²) in [5.41, 5.74) is 0.150. The Labute approximate surface area is 182 Å². The standard InChI is InChI=1S/C23H41N5O2/c1-4-24-22(25-20-18-9-16-30-21(18)23(20,2)3)28-14-12-26(13-15-28)17-19(29)27-10-7-5-6-8-11-27/h18,20-21H,4-17H2,1-3H3,(H,24,25). The second-order valence-electron chi connectivity index (χ2n) is 10.0. The molecule has 7 nitrogen and oxygen atoms in total. The first-order valence-electron chi connectivity index (χ1n) is 12.2. The van der Waals surface area contributed by atoms with Crippen molar-refractivity contribution in [2.24, 2.45) is 16.3 Å². The van der Waals surface area contributed by atoms with Crippen LogP contribution in [0.4, 0.5) is 0 Å². The lowest BCUT2D eigenvalue weighted by atomic mass is 9.57. The molecule has 3 aliphatic heterocycles. The van der Waals surface area contributed by atoms with Gasteiger partial charge >= 0.3 is 0 Å². The van der Waals surface area contributed by atoms with E-state index in [1.165, 1.54) is 12.8 Å². The fourth-order valence-electron chi connectivity index (χ4n) is 5.87. The first-order valence-corrected chi connectivity index (χ1v) is 12.2. The van der Waals surface area contributed by atoms with Crippen LogP contribution in [0.5, 0.6) is 0 Å². The van der Waals surface area contributed by atoms with Gasteiger partial charge in [0.1, 0.15) is 0 Å². The molecule has 3 unspecified atom stereocenters. The zero-order valence-electron chi connectivity index (χ0n) is 19.2. The maximum atomic E-state index is 12.7. The largest absolute Gasteiger partial charge is 0.377 e. The van der Waals surface area contributed by atoms with Gasteiger partial charge in [-0.25, -0.2) is 0 Å². The summed E-state index contributed by atoms with van der Waals surface area (Å²) in [6.07, 6.45) is 6.39. The zero-order chi connectivity index (χ0) is 21.1. The first kappa shape index (κ1) is 21.9. The molecule has 1 amide bonds. The fourth-order valence-corrected chi connectivity index (χ4v) is 5.87. The molecule has 0 aromatic heterocycles. The number of likely N-dealkylation sites (tertiary alicyclic amines) is 1. The molecule has 1 saturated carbocycles. The van der Waals surface area contributed by atoms with Crippen LogP contribution in [-0.2, 0) is 9.53 Å². The van der Waals surface area contributed by atoms with Crippen LogP contribution in [0.15, 0.2) is 4.99 Å². The molecule has 4 rings (SSSR count). The Morgan fingerprint density at radius 1 is 1.03 bits per heavy atom. The van der Waals surface area contributed by atoms with Crippen molar-refractivity contribution in [3.8, 4) is 0 Å². The molecule has 0 spiro atoms. The molecule has 3 atom stereocenters. The molecule has 0 aromatic rings. The van der Waals surface area contributed by atoms with E-state index in [9.17, 15) is 4.79 Å². The third-order valence-electron chi connectivity index (χ3n) is 7.68. The summed E-state index contributed by atoms with van der Waals surface area (Å²) < 4.78 is 5.96. The molecule has 0 aromatic carbocycles. The number of fused-ring (bicyclic) bond motifs is 1. The van der Waals surface area contributed by atoms with Gasteiger partial charge in [0.05, 0.1) is 12.6 Å². The highest BCUT2D eigenvalue weighted by Crippen LogP contribution is 2.52. The number of carbonyl (C=O) groups excluding carboxylic acids is 1. The Morgan fingerprint density at radius 2 is 1.73 bits per heavy atom. The quantitative estimate of drug-likeness (QED) is 0.556. The molecular weight excluding hydrogens is 378 g/mol. The lowest BCUT2D eigenvalue weighted by Gasteiger charge is -2.55. The summed E-state index contributed by atoms with van der Waals surface area (Å²) in [7, 11) is 0. The van der Waals surface area contributed by atoms with Crippen LogP contribution in [0.1, 0.15) is 52.9 Å². The number of rotatable bonds is 4. The van der Waals surface area contributed by atoms with E-state index >= 15 is 0 Å². The van der Waals surface area contributed by atoms with Gasteiger partial charge < -0.3 is 19.9 Å². The van der Waals surface area contributed by atoms with Crippen molar-refractivity contribution >= 4 is 11.9 Å². The minimum absolute atomic E-state index is 0.150. The third-order valence-corrected chi connectivity index (χ3v) is 7.68. The smallest absolute Gasteiger partial charge is 0.236 e. The molecule has 7 heteroatoms. The Balaban J connectivity index is 1.28. The Bertz CT molecular complexity index is 621. The van der Waals surface area contributed by atoms with Gasteiger partial charge in [-0.3, -0.25) is 14.7 Å². The van der Waals surface area contributed by atoms with E-state index in [4.69, 9.17) is 9.73 Å². The maximum absolute atomic E-state index is 12.7. The van der Waals surface area contributed by atoms with Crippen molar-refractivity contribution < 1.29 is 9.53 Å².